The number of hydrogen-bond donors (Lipinski definition) is 2. The third-order valence-corrected chi connectivity index (χ3v) is 3.27. The Bertz CT molecular complexity index is 228. The third-order valence-electron chi connectivity index (χ3n) is 3.27. The molecule has 0 spiro atoms. The first-order valence-corrected chi connectivity index (χ1v) is 7.20. The monoisotopic (exact) mass is 258 g/mol. The van der Waals surface area contributed by atoms with Crippen molar-refractivity contribution in [2.75, 3.05) is 26.2 Å². The summed E-state index contributed by atoms with van der Waals surface area (Å²) in [5.74, 6) is -0.748. The number of carbonyl (C=O) groups is 1. The lowest BCUT2D eigenvalue weighted by atomic mass is 9.95. The molecular formula is C14H30N2O2. The first-order valence-electron chi connectivity index (χ1n) is 7.20. The number of rotatable bonds is 11. The van der Waals surface area contributed by atoms with E-state index in [-0.39, 0.29) is 0 Å². The van der Waals surface area contributed by atoms with E-state index in [2.05, 4.69) is 24.1 Å². The Hall–Kier alpha value is -0.610. The smallest absolute Gasteiger partial charge is 0.323 e. The van der Waals surface area contributed by atoms with E-state index in [4.69, 9.17) is 0 Å². The Labute approximate surface area is 112 Å². The van der Waals surface area contributed by atoms with Crippen LogP contribution in [-0.2, 0) is 4.79 Å². The van der Waals surface area contributed by atoms with Gasteiger partial charge in [0.25, 0.3) is 0 Å². The van der Waals surface area contributed by atoms with Gasteiger partial charge in [-0.05, 0) is 58.8 Å². The van der Waals surface area contributed by atoms with Crippen LogP contribution >= 0.6 is 0 Å². The molecule has 1 atom stereocenters. The van der Waals surface area contributed by atoms with Crippen LogP contribution in [-0.4, -0.2) is 47.7 Å². The molecule has 0 aromatic heterocycles. The summed E-state index contributed by atoms with van der Waals surface area (Å²) in [4.78, 5) is 13.7. The third kappa shape index (κ3) is 6.36. The van der Waals surface area contributed by atoms with Crippen molar-refractivity contribution >= 4 is 5.97 Å². The average molecular weight is 258 g/mol. The number of nitrogens with one attached hydrogen (secondary N) is 1. The van der Waals surface area contributed by atoms with Gasteiger partial charge in [0.05, 0.1) is 0 Å². The molecule has 2 N–H and O–H groups in total. The zero-order valence-electron chi connectivity index (χ0n) is 12.5. The minimum absolute atomic E-state index is 0.681. The van der Waals surface area contributed by atoms with Crippen LogP contribution in [0.15, 0.2) is 0 Å². The highest BCUT2D eigenvalue weighted by Gasteiger charge is 2.31. The zero-order chi connectivity index (χ0) is 14.0. The van der Waals surface area contributed by atoms with Gasteiger partial charge in [-0.3, -0.25) is 4.79 Å². The number of nitrogens with zero attached hydrogens (tertiary/aromatic N) is 1. The number of carboxylic acid groups (broad SMARTS) is 1. The molecule has 18 heavy (non-hydrogen) atoms. The molecule has 108 valence electrons. The lowest BCUT2D eigenvalue weighted by molar-refractivity contribution is -0.144. The topological polar surface area (TPSA) is 52.6 Å². The summed E-state index contributed by atoms with van der Waals surface area (Å²) in [6.07, 6.45) is 3.92. The molecule has 0 heterocycles. The van der Waals surface area contributed by atoms with Gasteiger partial charge < -0.3 is 15.3 Å². The van der Waals surface area contributed by atoms with Crippen molar-refractivity contribution in [2.24, 2.45) is 0 Å². The molecule has 4 heteroatoms. The second kappa shape index (κ2) is 9.34. The van der Waals surface area contributed by atoms with Gasteiger partial charge in [-0.25, -0.2) is 0 Å². The molecule has 0 rings (SSSR count). The molecule has 0 aliphatic heterocycles. The van der Waals surface area contributed by atoms with Gasteiger partial charge in [-0.1, -0.05) is 20.8 Å². The summed E-state index contributed by atoms with van der Waals surface area (Å²) in [7, 11) is 0. The molecule has 0 aliphatic carbocycles. The Morgan fingerprint density at radius 1 is 1.17 bits per heavy atom. The molecule has 0 aliphatic rings. The number of hydrogen-bond acceptors (Lipinski definition) is 3. The van der Waals surface area contributed by atoms with Gasteiger partial charge in [0.2, 0.25) is 0 Å². The minimum Gasteiger partial charge on any atom is -0.480 e. The lowest BCUT2D eigenvalue weighted by Gasteiger charge is -2.27. The van der Waals surface area contributed by atoms with E-state index in [1.165, 1.54) is 0 Å². The molecule has 0 bridgehead atoms. The van der Waals surface area contributed by atoms with E-state index in [0.717, 1.165) is 38.9 Å². The van der Waals surface area contributed by atoms with Crippen molar-refractivity contribution in [3.63, 3.8) is 0 Å². The predicted octanol–water partition coefficient (Wildman–Crippen LogP) is 2.34. The molecule has 1 unspecified atom stereocenters. The van der Waals surface area contributed by atoms with Crippen molar-refractivity contribution in [3.8, 4) is 0 Å². The SMILES string of the molecule is CCCN(CCC)CCCC(C)(NCC)C(=O)O. The van der Waals surface area contributed by atoms with Crippen molar-refractivity contribution < 1.29 is 9.90 Å². The van der Waals surface area contributed by atoms with Gasteiger partial charge in [0.1, 0.15) is 5.54 Å². The van der Waals surface area contributed by atoms with E-state index in [9.17, 15) is 9.90 Å². The summed E-state index contributed by atoms with van der Waals surface area (Å²) >= 11 is 0. The highest BCUT2D eigenvalue weighted by molar-refractivity contribution is 5.78. The van der Waals surface area contributed by atoms with Crippen LogP contribution in [0.4, 0.5) is 0 Å². The fourth-order valence-corrected chi connectivity index (χ4v) is 2.29. The lowest BCUT2D eigenvalue weighted by Crippen LogP contribution is -2.49. The average Bonchev–Trinajstić information content (AvgIpc) is 2.29. The highest BCUT2D eigenvalue weighted by atomic mass is 16.4. The Kier molecular flexibility index (Phi) is 9.02. The molecule has 0 fully saturated rings. The maximum Gasteiger partial charge on any atom is 0.323 e. The van der Waals surface area contributed by atoms with E-state index >= 15 is 0 Å². The molecule has 0 amide bonds. The van der Waals surface area contributed by atoms with Gasteiger partial charge in [-0.2, -0.15) is 0 Å². The van der Waals surface area contributed by atoms with Gasteiger partial charge in [0, 0.05) is 0 Å². The number of likely N-dealkylation sites (N-methyl/N-ethyl adjacent to an activating group) is 1. The van der Waals surface area contributed by atoms with Crippen LogP contribution in [0.5, 0.6) is 0 Å². The minimum atomic E-state index is -0.779. The van der Waals surface area contributed by atoms with Gasteiger partial charge in [0.15, 0.2) is 0 Å². The predicted molar refractivity (Wildman–Crippen MR) is 76.0 cm³/mol. The first-order chi connectivity index (χ1) is 8.50. The standard InChI is InChI=1S/C14H30N2O2/c1-5-10-16(11-6-2)12-8-9-14(4,13(17)18)15-7-3/h15H,5-12H2,1-4H3,(H,17,18). The van der Waals surface area contributed by atoms with Crippen molar-refractivity contribution in [3.05, 3.63) is 0 Å². The first kappa shape index (κ1) is 17.4. The Morgan fingerprint density at radius 2 is 1.72 bits per heavy atom. The van der Waals surface area contributed by atoms with E-state index in [1.54, 1.807) is 6.92 Å². The Balaban J connectivity index is 4.14. The molecule has 0 saturated heterocycles. The molecule has 0 aromatic carbocycles. The number of aliphatic carboxylic acids is 1. The second-order valence-corrected chi connectivity index (χ2v) is 5.11. The van der Waals surface area contributed by atoms with E-state index < -0.39 is 11.5 Å². The summed E-state index contributed by atoms with van der Waals surface area (Å²) in [6, 6.07) is 0. The van der Waals surface area contributed by atoms with Crippen LogP contribution < -0.4 is 5.32 Å². The van der Waals surface area contributed by atoms with Crippen LogP contribution in [0.1, 0.15) is 53.4 Å². The van der Waals surface area contributed by atoms with E-state index in [1.807, 2.05) is 6.92 Å². The number of carboxylic acids is 1. The van der Waals surface area contributed by atoms with Crippen molar-refractivity contribution in [1.29, 1.82) is 0 Å². The second-order valence-electron chi connectivity index (χ2n) is 5.11. The molecular weight excluding hydrogens is 228 g/mol. The fourth-order valence-electron chi connectivity index (χ4n) is 2.29. The van der Waals surface area contributed by atoms with Crippen LogP contribution in [0.25, 0.3) is 0 Å². The molecule has 4 nitrogen and oxygen atoms in total. The van der Waals surface area contributed by atoms with Gasteiger partial charge >= 0.3 is 5.97 Å². The molecule has 0 saturated carbocycles. The van der Waals surface area contributed by atoms with Crippen molar-refractivity contribution in [1.82, 2.24) is 10.2 Å². The van der Waals surface area contributed by atoms with Crippen LogP contribution in [0.2, 0.25) is 0 Å². The normalized spacial score (nSPS) is 14.7. The maximum atomic E-state index is 11.3. The van der Waals surface area contributed by atoms with Gasteiger partial charge in [-0.15, -0.1) is 0 Å². The maximum absolute atomic E-state index is 11.3. The summed E-state index contributed by atoms with van der Waals surface area (Å²) in [6.45, 7) is 12.0. The molecule has 0 aromatic rings. The highest BCUT2D eigenvalue weighted by Crippen LogP contribution is 2.13. The fraction of sp³-hybridized carbons (Fsp3) is 0.929. The van der Waals surface area contributed by atoms with E-state index in [0.29, 0.717) is 13.0 Å². The summed E-state index contributed by atoms with van der Waals surface area (Å²) in [5, 5.41) is 12.3. The largest absolute Gasteiger partial charge is 0.480 e. The zero-order valence-corrected chi connectivity index (χ0v) is 12.5. The van der Waals surface area contributed by atoms with Crippen LogP contribution in [0.3, 0.4) is 0 Å². The molecule has 0 radical (unpaired) electrons. The summed E-state index contributed by atoms with van der Waals surface area (Å²) in [5.41, 5.74) is -0.779. The quantitative estimate of drug-likeness (QED) is 0.597. The summed E-state index contributed by atoms with van der Waals surface area (Å²) < 4.78 is 0. The van der Waals surface area contributed by atoms with Crippen LogP contribution in [0, 0.1) is 0 Å². The van der Waals surface area contributed by atoms with Crippen molar-refractivity contribution in [2.45, 2.75) is 58.9 Å². The Morgan fingerprint density at radius 3 is 2.11 bits per heavy atom.